The molecule has 2 aliphatic rings. The maximum Gasteiger partial charge on any atom is 0.315 e. The summed E-state index contributed by atoms with van der Waals surface area (Å²) < 4.78 is 11.0. The van der Waals surface area contributed by atoms with E-state index in [4.69, 9.17) is 9.47 Å². The summed E-state index contributed by atoms with van der Waals surface area (Å²) in [6.45, 7) is 5.36. The Kier molecular flexibility index (Phi) is 4.57. The summed E-state index contributed by atoms with van der Waals surface area (Å²) in [4.78, 5) is 11.1. The van der Waals surface area contributed by atoms with Gasteiger partial charge in [0, 0.05) is 37.2 Å². The number of nitrogens with zero attached hydrogens (tertiary/aromatic N) is 2. The van der Waals surface area contributed by atoms with E-state index < -0.39 is 4.92 Å². The van der Waals surface area contributed by atoms with E-state index in [1.165, 1.54) is 7.11 Å². The molecule has 1 saturated heterocycles. The van der Waals surface area contributed by atoms with Crippen molar-refractivity contribution in [2.45, 2.75) is 32.4 Å². The van der Waals surface area contributed by atoms with Crippen LogP contribution in [0.4, 0.5) is 5.69 Å². The van der Waals surface area contributed by atoms with Crippen molar-refractivity contribution in [3.63, 3.8) is 0 Å². The highest BCUT2D eigenvalue weighted by molar-refractivity contribution is 5.90. The van der Waals surface area contributed by atoms with Crippen molar-refractivity contribution in [1.29, 1.82) is 0 Å². The first-order valence-corrected chi connectivity index (χ1v) is 8.07. The number of hydrogen-bond acceptors (Lipinski definition) is 7. The monoisotopic (exact) mass is 334 g/mol. The van der Waals surface area contributed by atoms with Gasteiger partial charge in [-0.1, -0.05) is 0 Å². The van der Waals surface area contributed by atoms with E-state index in [0.717, 1.165) is 30.8 Å². The number of rotatable bonds is 5. The second-order valence-corrected chi connectivity index (χ2v) is 6.27. The lowest BCUT2D eigenvalue weighted by Crippen LogP contribution is -2.38. The molecule has 1 aromatic rings. The number of methoxy groups -OCH3 is 1. The summed E-state index contributed by atoms with van der Waals surface area (Å²) in [5.74, 6) is 0.731. The Morgan fingerprint density at radius 2 is 2.21 bits per heavy atom. The number of fused-ring (bicyclic) bond motifs is 1. The van der Waals surface area contributed by atoms with E-state index >= 15 is 0 Å². The van der Waals surface area contributed by atoms with E-state index in [2.05, 4.69) is 15.8 Å². The summed E-state index contributed by atoms with van der Waals surface area (Å²) in [6.07, 6.45) is 0.701. The molecule has 1 aromatic carbocycles. The van der Waals surface area contributed by atoms with Gasteiger partial charge in [-0.3, -0.25) is 10.1 Å². The highest BCUT2D eigenvalue weighted by atomic mass is 16.6. The van der Waals surface area contributed by atoms with Gasteiger partial charge in [0.2, 0.25) is 5.75 Å². The summed E-state index contributed by atoms with van der Waals surface area (Å²) in [5, 5.41) is 19.3. The molecule has 0 radical (unpaired) electrons. The van der Waals surface area contributed by atoms with E-state index in [0.29, 0.717) is 5.75 Å². The van der Waals surface area contributed by atoms with Crippen molar-refractivity contribution < 1.29 is 14.4 Å². The normalized spacial score (nSPS) is 22.6. The minimum absolute atomic E-state index is 0.0860. The summed E-state index contributed by atoms with van der Waals surface area (Å²) >= 11 is 0. The predicted octanol–water partition coefficient (Wildman–Crippen LogP) is 2.00. The molecule has 0 aromatic heterocycles. The lowest BCUT2D eigenvalue weighted by molar-refractivity contribution is -0.386. The number of nitro benzene ring substituents is 1. The molecule has 3 rings (SSSR count). The van der Waals surface area contributed by atoms with E-state index in [1.807, 2.05) is 13.8 Å². The van der Waals surface area contributed by atoms with Gasteiger partial charge in [-0.15, -0.1) is 0 Å². The zero-order valence-corrected chi connectivity index (χ0v) is 14.0. The first-order valence-electron chi connectivity index (χ1n) is 8.07. The van der Waals surface area contributed by atoms with Crippen molar-refractivity contribution in [2.24, 2.45) is 11.0 Å². The second-order valence-electron chi connectivity index (χ2n) is 6.27. The fourth-order valence-corrected chi connectivity index (χ4v) is 3.20. The fourth-order valence-electron chi connectivity index (χ4n) is 3.20. The lowest BCUT2D eigenvalue weighted by atomic mass is 9.87. The van der Waals surface area contributed by atoms with E-state index in [1.54, 1.807) is 12.1 Å². The van der Waals surface area contributed by atoms with Gasteiger partial charge >= 0.3 is 5.69 Å². The van der Waals surface area contributed by atoms with Crippen LogP contribution < -0.4 is 20.2 Å². The minimum atomic E-state index is -0.431. The number of piperidine rings is 1. The number of hydrogen-bond donors (Lipinski definition) is 2. The number of ether oxygens (including phenoxy) is 2. The molecule has 2 heterocycles. The molecular formula is C16H22N4O4. The molecule has 1 fully saturated rings. The SMILES string of the molecule is COc1cc(C2NN=C3CCNCC32)cc([N+](=O)[O-])c1OC(C)C. The summed E-state index contributed by atoms with van der Waals surface area (Å²) in [6, 6.07) is 3.26. The third-order valence-electron chi connectivity index (χ3n) is 4.29. The van der Waals surface area contributed by atoms with Crippen LogP contribution in [0.1, 0.15) is 31.9 Å². The molecular weight excluding hydrogens is 312 g/mol. The first-order chi connectivity index (χ1) is 11.5. The van der Waals surface area contributed by atoms with Crippen molar-refractivity contribution >= 4 is 11.4 Å². The van der Waals surface area contributed by atoms with Gasteiger partial charge in [0.05, 0.1) is 24.2 Å². The fraction of sp³-hybridized carbons (Fsp3) is 0.562. The summed E-state index contributed by atoms with van der Waals surface area (Å²) in [5.41, 5.74) is 4.93. The standard InChI is InChI=1S/C16H22N4O4/c1-9(2)24-16-13(20(21)22)6-10(7-14(16)23-3)15-11-8-17-5-4-12(11)18-19-15/h6-7,9,11,15,17,19H,4-5,8H2,1-3H3. The van der Waals surface area contributed by atoms with Crippen LogP contribution in [-0.4, -0.2) is 36.9 Å². The highest BCUT2D eigenvalue weighted by Crippen LogP contribution is 2.42. The number of nitrogens with one attached hydrogen (secondary N) is 2. The molecule has 0 aliphatic carbocycles. The van der Waals surface area contributed by atoms with Crippen molar-refractivity contribution in [1.82, 2.24) is 10.7 Å². The van der Waals surface area contributed by atoms with Gasteiger partial charge < -0.3 is 20.2 Å². The Hall–Kier alpha value is -2.35. The molecule has 2 unspecified atom stereocenters. The van der Waals surface area contributed by atoms with Crippen LogP contribution in [0.25, 0.3) is 0 Å². The van der Waals surface area contributed by atoms with Crippen LogP contribution in [-0.2, 0) is 0 Å². The molecule has 8 nitrogen and oxygen atoms in total. The number of nitro groups is 1. The van der Waals surface area contributed by atoms with Crippen molar-refractivity contribution in [2.75, 3.05) is 20.2 Å². The molecule has 0 spiro atoms. The average Bonchev–Trinajstić information content (AvgIpc) is 2.98. The van der Waals surface area contributed by atoms with E-state index in [-0.39, 0.29) is 29.5 Å². The van der Waals surface area contributed by atoms with Crippen LogP contribution in [0.5, 0.6) is 11.5 Å². The van der Waals surface area contributed by atoms with Gasteiger partial charge in [-0.25, -0.2) is 0 Å². The largest absolute Gasteiger partial charge is 0.493 e. The third-order valence-corrected chi connectivity index (χ3v) is 4.29. The average molecular weight is 334 g/mol. The minimum Gasteiger partial charge on any atom is -0.493 e. The Morgan fingerprint density at radius 1 is 1.42 bits per heavy atom. The van der Waals surface area contributed by atoms with Gasteiger partial charge in [0.15, 0.2) is 5.75 Å². The predicted molar refractivity (Wildman–Crippen MR) is 89.7 cm³/mol. The Balaban J connectivity index is 2.00. The molecule has 130 valence electrons. The van der Waals surface area contributed by atoms with Crippen LogP contribution >= 0.6 is 0 Å². The molecule has 8 heteroatoms. The lowest BCUT2D eigenvalue weighted by Gasteiger charge is -2.25. The van der Waals surface area contributed by atoms with E-state index in [9.17, 15) is 10.1 Å². The van der Waals surface area contributed by atoms with Crippen LogP contribution in [0, 0.1) is 16.0 Å². The van der Waals surface area contributed by atoms with Crippen LogP contribution in [0.15, 0.2) is 17.2 Å². The number of benzene rings is 1. The third kappa shape index (κ3) is 3.01. The van der Waals surface area contributed by atoms with Gasteiger partial charge in [-0.05, 0) is 25.5 Å². The van der Waals surface area contributed by atoms with Crippen molar-refractivity contribution in [3.8, 4) is 11.5 Å². The Morgan fingerprint density at radius 3 is 2.88 bits per heavy atom. The Bertz CT molecular complexity index is 674. The zero-order chi connectivity index (χ0) is 17.3. The van der Waals surface area contributed by atoms with Crippen molar-refractivity contribution in [3.05, 3.63) is 27.8 Å². The molecule has 0 bridgehead atoms. The first kappa shape index (κ1) is 16.5. The molecule has 2 N–H and O–H groups in total. The molecule has 0 amide bonds. The van der Waals surface area contributed by atoms with Gasteiger partial charge in [-0.2, -0.15) is 5.10 Å². The van der Waals surface area contributed by atoms with Gasteiger partial charge in [0.25, 0.3) is 0 Å². The van der Waals surface area contributed by atoms with Gasteiger partial charge in [0.1, 0.15) is 0 Å². The maximum atomic E-state index is 11.5. The summed E-state index contributed by atoms with van der Waals surface area (Å²) in [7, 11) is 1.49. The second kappa shape index (κ2) is 6.64. The molecule has 2 aliphatic heterocycles. The van der Waals surface area contributed by atoms with Crippen LogP contribution in [0.2, 0.25) is 0 Å². The Labute approximate surface area is 140 Å². The highest BCUT2D eigenvalue weighted by Gasteiger charge is 2.36. The smallest absolute Gasteiger partial charge is 0.315 e. The number of hydrazone groups is 1. The quantitative estimate of drug-likeness (QED) is 0.631. The van der Waals surface area contributed by atoms with Crippen LogP contribution in [0.3, 0.4) is 0 Å². The molecule has 2 atom stereocenters. The molecule has 0 saturated carbocycles. The molecule has 24 heavy (non-hydrogen) atoms. The maximum absolute atomic E-state index is 11.5. The topological polar surface area (TPSA) is 98.0 Å². The zero-order valence-electron chi connectivity index (χ0n) is 14.0.